The van der Waals surface area contributed by atoms with E-state index in [1.165, 1.54) is 0 Å². The lowest BCUT2D eigenvalue weighted by Gasteiger charge is -2.44. The monoisotopic (exact) mass is 426 g/mol. The summed E-state index contributed by atoms with van der Waals surface area (Å²) in [7, 11) is 3.27. The van der Waals surface area contributed by atoms with Gasteiger partial charge >= 0.3 is 0 Å². The van der Waals surface area contributed by atoms with Crippen molar-refractivity contribution in [1.29, 1.82) is 0 Å². The van der Waals surface area contributed by atoms with E-state index in [2.05, 4.69) is 26.0 Å². The van der Waals surface area contributed by atoms with Crippen LogP contribution in [0.5, 0.6) is 0 Å². The van der Waals surface area contributed by atoms with Gasteiger partial charge < -0.3 is 23.7 Å². The Morgan fingerprint density at radius 1 is 0.774 bits per heavy atom. The van der Waals surface area contributed by atoms with Crippen LogP contribution in [0.25, 0.3) is 0 Å². The summed E-state index contributed by atoms with van der Waals surface area (Å²) in [5.41, 5.74) is 2.19. The average Bonchev–Trinajstić information content (AvgIpc) is 2.81. The van der Waals surface area contributed by atoms with E-state index in [4.69, 9.17) is 23.7 Å². The lowest BCUT2D eigenvalue weighted by molar-refractivity contribution is -0.303. The van der Waals surface area contributed by atoms with Crippen molar-refractivity contribution in [3.8, 4) is 0 Å². The molecule has 1 saturated heterocycles. The van der Waals surface area contributed by atoms with Crippen molar-refractivity contribution in [2.75, 3.05) is 14.2 Å². The van der Waals surface area contributed by atoms with Crippen LogP contribution in [0.2, 0.25) is 0 Å². The molecule has 5 nitrogen and oxygen atoms in total. The Kier molecular flexibility index (Phi) is 9.25. The molecule has 1 heterocycles. The highest BCUT2D eigenvalue weighted by Crippen LogP contribution is 2.30. The highest BCUT2D eigenvalue weighted by atomic mass is 16.7. The van der Waals surface area contributed by atoms with Crippen molar-refractivity contribution in [2.45, 2.75) is 57.8 Å². The van der Waals surface area contributed by atoms with Gasteiger partial charge in [-0.1, -0.05) is 86.7 Å². The van der Waals surface area contributed by atoms with Crippen molar-refractivity contribution in [2.24, 2.45) is 5.92 Å². The molecule has 1 fully saturated rings. The minimum atomic E-state index is -0.552. The smallest absolute Gasteiger partial charge is 0.186 e. The Balaban J connectivity index is 1.84. The lowest BCUT2D eigenvalue weighted by Crippen LogP contribution is -2.59. The van der Waals surface area contributed by atoms with Crippen LogP contribution in [-0.2, 0) is 36.9 Å². The minimum absolute atomic E-state index is 0.316. The summed E-state index contributed by atoms with van der Waals surface area (Å²) >= 11 is 0. The summed E-state index contributed by atoms with van der Waals surface area (Å²) in [5.74, 6) is 0.392. The zero-order chi connectivity index (χ0) is 22.1. The molecule has 5 atom stereocenters. The van der Waals surface area contributed by atoms with Crippen LogP contribution in [0, 0.1) is 5.92 Å². The summed E-state index contributed by atoms with van der Waals surface area (Å²) in [4.78, 5) is 0. The van der Waals surface area contributed by atoms with Gasteiger partial charge in [0.25, 0.3) is 0 Å². The van der Waals surface area contributed by atoms with Gasteiger partial charge in [-0.3, -0.25) is 0 Å². The Labute approximate surface area is 185 Å². The second-order valence-corrected chi connectivity index (χ2v) is 8.06. The van der Waals surface area contributed by atoms with Crippen LogP contribution in [0.3, 0.4) is 0 Å². The van der Waals surface area contributed by atoms with Crippen LogP contribution >= 0.6 is 0 Å². The first-order valence-corrected chi connectivity index (χ1v) is 10.8. The van der Waals surface area contributed by atoms with Crippen LogP contribution < -0.4 is 0 Å². The zero-order valence-electron chi connectivity index (χ0n) is 18.8. The molecule has 0 spiro atoms. The van der Waals surface area contributed by atoms with E-state index in [-0.39, 0.29) is 18.3 Å². The largest absolute Gasteiger partial charge is 0.373 e. The molecule has 0 radical (unpaired) electrons. The van der Waals surface area contributed by atoms with Crippen LogP contribution in [-0.4, -0.2) is 44.9 Å². The summed E-state index contributed by atoms with van der Waals surface area (Å²) in [5, 5.41) is 0. The van der Waals surface area contributed by atoms with Crippen LogP contribution in [0.1, 0.15) is 25.0 Å². The molecule has 3 rings (SSSR count). The number of ether oxygens (including phenoxy) is 5. The van der Waals surface area contributed by atoms with E-state index in [0.717, 1.165) is 11.1 Å². The summed E-state index contributed by atoms with van der Waals surface area (Å²) in [6.45, 7) is 5.18. The molecule has 168 valence electrons. The number of hydrogen-bond donors (Lipinski definition) is 0. The molecule has 1 aliphatic rings. The van der Waals surface area contributed by atoms with Crippen molar-refractivity contribution >= 4 is 0 Å². The Hall–Kier alpha value is -2.02. The predicted molar refractivity (Wildman–Crippen MR) is 120 cm³/mol. The molecular weight excluding hydrogens is 392 g/mol. The molecule has 1 aliphatic heterocycles. The summed E-state index contributed by atoms with van der Waals surface area (Å²) < 4.78 is 30.4. The topological polar surface area (TPSA) is 46.2 Å². The van der Waals surface area contributed by atoms with Crippen LogP contribution in [0.15, 0.2) is 72.8 Å². The number of benzene rings is 2. The predicted octanol–water partition coefficient (Wildman–Crippen LogP) is 4.76. The van der Waals surface area contributed by atoms with E-state index in [0.29, 0.717) is 19.1 Å². The number of rotatable bonds is 10. The molecule has 31 heavy (non-hydrogen) atoms. The van der Waals surface area contributed by atoms with E-state index in [1.54, 1.807) is 14.2 Å². The second kappa shape index (κ2) is 12.1. The first kappa shape index (κ1) is 23.6. The standard InChI is InChI=1S/C26H34O5/c1-19(2)15-16-22-23(29-17-20-11-7-5-8-12-20)24(25(27-3)26(28-4)31-22)30-18-21-13-9-6-10-14-21/h5-16,19,22-26H,17-18H2,1-4H3/b16-15+/t22-,23+,24-,25-,26-/m1/s1. The van der Waals surface area contributed by atoms with Gasteiger partial charge in [0.1, 0.15) is 24.4 Å². The van der Waals surface area contributed by atoms with E-state index >= 15 is 0 Å². The molecule has 0 amide bonds. The van der Waals surface area contributed by atoms with Crippen molar-refractivity contribution in [3.05, 3.63) is 83.9 Å². The lowest BCUT2D eigenvalue weighted by atomic mass is 9.96. The molecule has 2 aromatic rings. The van der Waals surface area contributed by atoms with Gasteiger partial charge in [-0.15, -0.1) is 0 Å². The van der Waals surface area contributed by atoms with Crippen LogP contribution in [0.4, 0.5) is 0 Å². The maximum atomic E-state index is 6.40. The van der Waals surface area contributed by atoms with E-state index in [1.807, 2.05) is 60.7 Å². The first-order valence-electron chi connectivity index (χ1n) is 10.8. The molecule has 0 saturated carbocycles. The normalized spacial score (nSPS) is 26.5. The maximum Gasteiger partial charge on any atom is 0.186 e. The third kappa shape index (κ3) is 6.73. The molecule has 0 bridgehead atoms. The number of hydrogen-bond acceptors (Lipinski definition) is 5. The van der Waals surface area contributed by atoms with Crippen molar-refractivity contribution in [1.82, 2.24) is 0 Å². The second-order valence-electron chi connectivity index (χ2n) is 8.06. The molecule has 0 N–H and O–H groups in total. The summed E-state index contributed by atoms with van der Waals surface area (Å²) in [6.07, 6.45) is 2.17. The minimum Gasteiger partial charge on any atom is -0.373 e. The van der Waals surface area contributed by atoms with Gasteiger partial charge in [0.15, 0.2) is 6.29 Å². The van der Waals surface area contributed by atoms with Gasteiger partial charge in [-0.2, -0.15) is 0 Å². The molecule has 0 aliphatic carbocycles. The molecule has 0 unspecified atom stereocenters. The van der Waals surface area contributed by atoms with E-state index in [9.17, 15) is 0 Å². The molecular formula is C26H34O5. The van der Waals surface area contributed by atoms with E-state index < -0.39 is 12.4 Å². The van der Waals surface area contributed by atoms with Gasteiger partial charge in [-0.25, -0.2) is 0 Å². The fourth-order valence-electron chi connectivity index (χ4n) is 3.67. The SMILES string of the molecule is CO[C@@H]1O[C@H](/C=C/C(C)C)[C@H](OCc2ccccc2)[C@@H](OCc2ccccc2)[C@H]1OC. The Morgan fingerprint density at radius 3 is 1.81 bits per heavy atom. The van der Waals surface area contributed by atoms with Gasteiger partial charge in [0.2, 0.25) is 0 Å². The fourth-order valence-corrected chi connectivity index (χ4v) is 3.67. The van der Waals surface area contributed by atoms with Crippen molar-refractivity contribution < 1.29 is 23.7 Å². The third-order valence-electron chi connectivity index (χ3n) is 5.29. The summed E-state index contributed by atoms with van der Waals surface area (Å²) in [6, 6.07) is 20.2. The van der Waals surface area contributed by atoms with Gasteiger partial charge in [-0.05, 0) is 17.0 Å². The first-order chi connectivity index (χ1) is 15.1. The van der Waals surface area contributed by atoms with Crippen molar-refractivity contribution in [3.63, 3.8) is 0 Å². The van der Waals surface area contributed by atoms with Gasteiger partial charge in [0, 0.05) is 14.2 Å². The van der Waals surface area contributed by atoms with Gasteiger partial charge in [0.05, 0.1) is 13.2 Å². The number of allylic oxidation sites excluding steroid dienone is 1. The zero-order valence-corrected chi connectivity index (χ0v) is 18.8. The highest BCUT2D eigenvalue weighted by Gasteiger charge is 2.47. The quantitative estimate of drug-likeness (QED) is 0.513. The average molecular weight is 427 g/mol. The highest BCUT2D eigenvalue weighted by molar-refractivity contribution is 5.15. The Bertz CT molecular complexity index is 777. The molecule has 0 aromatic heterocycles. The molecule has 2 aromatic carbocycles. The maximum absolute atomic E-state index is 6.40. The molecule has 5 heteroatoms. The fraction of sp³-hybridized carbons (Fsp3) is 0.462. The third-order valence-corrected chi connectivity index (χ3v) is 5.29. The number of methoxy groups -OCH3 is 2. The Morgan fingerprint density at radius 2 is 1.32 bits per heavy atom.